The van der Waals surface area contributed by atoms with Crippen LogP contribution in [0.4, 0.5) is 10.1 Å². The minimum absolute atomic E-state index is 0.208. The van der Waals surface area contributed by atoms with Crippen LogP contribution < -0.4 is 14.4 Å². The van der Waals surface area contributed by atoms with Gasteiger partial charge in [-0.3, -0.25) is 4.79 Å². The third kappa shape index (κ3) is 3.63. The molecule has 0 saturated carbocycles. The molecule has 200 valence electrons. The number of methoxy groups -OCH3 is 1. The highest BCUT2D eigenvalue weighted by atomic mass is 35.5. The van der Waals surface area contributed by atoms with Gasteiger partial charge in [0, 0.05) is 33.0 Å². The second-order valence-electron chi connectivity index (χ2n) is 10.2. The van der Waals surface area contributed by atoms with Gasteiger partial charge in [0.25, 0.3) is 0 Å². The normalized spacial score (nSPS) is 20.2. The first-order valence-electron chi connectivity index (χ1n) is 13.1. The minimum atomic E-state index is -1.57. The fourth-order valence-corrected chi connectivity index (χ4v) is 6.48. The number of nitriles is 1. The first kappa shape index (κ1) is 25.1. The van der Waals surface area contributed by atoms with E-state index in [1.807, 2.05) is 54.6 Å². The number of benzene rings is 4. The molecule has 2 aliphatic heterocycles. The van der Waals surface area contributed by atoms with Crippen LogP contribution in [0.25, 0.3) is 5.57 Å². The van der Waals surface area contributed by atoms with E-state index in [2.05, 4.69) is 6.07 Å². The molecule has 1 amide bonds. The summed E-state index contributed by atoms with van der Waals surface area (Å²) >= 11 is 6.49. The first-order valence-corrected chi connectivity index (χ1v) is 13.5. The second-order valence-corrected chi connectivity index (χ2v) is 10.6. The highest BCUT2D eigenvalue weighted by molar-refractivity contribution is 6.31. The van der Waals surface area contributed by atoms with Crippen LogP contribution in [0.5, 0.6) is 11.5 Å². The molecule has 0 aromatic heterocycles. The average Bonchev–Trinajstić information content (AvgIpc) is 3.46. The molecule has 0 saturated heterocycles. The van der Waals surface area contributed by atoms with E-state index in [1.54, 1.807) is 42.4 Å². The lowest BCUT2D eigenvalue weighted by molar-refractivity contribution is -0.120. The van der Waals surface area contributed by atoms with Gasteiger partial charge in [-0.2, -0.15) is 5.26 Å². The molecule has 2 unspecified atom stereocenters. The summed E-state index contributed by atoms with van der Waals surface area (Å²) in [4.78, 5) is 16.5. The van der Waals surface area contributed by atoms with Gasteiger partial charge in [-0.25, -0.2) is 4.39 Å². The quantitative estimate of drug-likeness (QED) is 0.262. The molecule has 0 fully saturated rings. The predicted octanol–water partition coefficient (Wildman–Crippen LogP) is 7.32. The summed E-state index contributed by atoms with van der Waals surface area (Å²) in [5.41, 5.74) is 3.14. The Bertz CT molecular complexity index is 1860. The molecule has 3 aliphatic rings. The monoisotopic (exact) mass is 560 g/mol. The smallest absolute Gasteiger partial charge is 0.247 e. The first-order chi connectivity index (χ1) is 19.9. The molecule has 5 nitrogen and oxygen atoms in total. The van der Waals surface area contributed by atoms with E-state index in [0.717, 1.165) is 11.1 Å². The summed E-state index contributed by atoms with van der Waals surface area (Å²) in [7, 11) is 1.59. The van der Waals surface area contributed by atoms with Crippen molar-refractivity contribution < 1.29 is 18.7 Å². The highest BCUT2D eigenvalue weighted by Gasteiger charge is 2.61. The molecule has 4 aromatic carbocycles. The molecule has 4 aromatic rings. The number of carbonyl (C=O) groups excluding carboxylic acids is 1. The zero-order valence-electron chi connectivity index (χ0n) is 21.9. The van der Waals surface area contributed by atoms with E-state index >= 15 is 4.39 Å². The molecule has 0 radical (unpaired) electrons. The highest BCUT2D eigenvalue weighted by Crippen LogP contribution is 2.62. The molecule has 2 heterocycles. The maximum Gasteiger partial charge on any atom is 0.247 e. The van der Waals surface area contributed by atoms with Gasteiger partial charge in [0.1, 0.15) is 28.8 Å². The van der Waals surface area contributed by atoms with E-state index in [0.29, 0.717) is 44.5 Å². The summed E-state index contributed by atoms with van der Waals surface area (Å²) < 4.78 is 27.0. The fourth-order valence-electron chi connectivity index (χ4n) is 6.31. The van der Waals surface area contributed by atoms with Crippen molar-refractivity contribution in [1.82, 2.24) is 0 Å². The van der Waals surface area contributed by atoms with Crippen LogP contribution in [0.2, 0.25) is 5.02 Å². The Morgan fingerprint density at radius 3 is 2.66 bits per heavy atom. The summed E-state index contributed by atoms with van der Waals surface area (Å²) in [6, 6.07) is 28.9. The maximum absolute atomic E-state index is 15.0. The van der Waals surface area contributed by atoms with Gasteiger partial charge in [-0.1, -0.05) is 54.1 Å². The van der Waals surface area contributed by atoms with Crippen LogP contribution in [0.3, 0.4) is 0 Å². The molecular weight excluding hydrogens is 539 g/mol. The van der Waals surface area contributed by atoms with Crippen LogP contribution in [0.15, 0.2) is 108 Å². The van der Waals surface area contributed by atoms with E-state index in [9.17, 15) is 10.1 Å². The van der Waals surface area contributed by atoms with Gasteiger partial charge >= 0.3 is 0 Å². The molecular formula is C34H22ClFN2O3. The Hall–Kier alpha value is -4.86. The Labute approximate surface area is 241 Å². The SMILES string of the molecule is COc1cccc(C2Oc3ccc(Cl)cc3C3=C2C=C(C#N)C32C(=O)N(Cc3ccccc3)c3ccc(F)cc32)c1. The van der Waals surface area contributed by atoms with Crippen molar-refractivity contribution in [2.45, 2.75) is 18.1 Å². The van der Waals surface area contributed by atoms with Gasteiger partial charge < -0.3 is 14.4 Å². The van der Waals surface area contributed by atoms with Crippen molar-refractivity contribution >= 4 is 28.8 Å². The molecule has 2 atom stereocenters. The van der Waals surface area contributed by atoms with Crippen molar-refractivity contribution in [1.29, 1.82) is 5.26 Å². The van der Waals surface area contributed by atoms with Gasteiger partial charge in [0.15, 0.2) is 0 Å². The number of rotatable bonds is 4. The van der Waals surface area contributed by atoms with Crippen LogP contribution in [0.1, 0.15) is 28.4 Å². The van der Waals surface area contributed by atoms with Crippen molar-refractivity contribution in [3.63, 3.8) is 0 Å². The average molecular weight is 561 g/mol. The van der Waals surface area contributed by atoms with Gasteiger partial charge in [-0.15, -0.1) is 0 Å². The lowest BCUT2D eigenvalue weighted by atomic mass is 9.69. The number of carbonyl (C=O) groups is 1. The Kier molecular flexibility index (Phi) is 5.74. The van der Waals surface area contributed by atoms with E-state index < -0.39 is 17.3 Å². The third-order valence-corrected chi connectivity index (χ3v) is 8.26. The van der Waals surface area contributed by atoms with Crippen LogP contribution in [0, 0.1) is 17.1 Å². The largest absolute Gasteiger partial charge is 0.497 e. The lowest BCUT2D eigenvalue weighted by Gasteiger charge is -2.35. The Morgan fingerprint density at radius 1 is 1.05 bits per heavy atom. The molecule has 0 N–H and O–H groups in total. The molecule has 7 rings (SSSR count). The van der Waals surface area contributed by atoms with Crippen LogP contribution in [-0.4, -0.2) is 13.0 Å². The topological polar surface area (TPSA) is 62.6 Å². The number of hydrogen-bond acceptors (Lipinski definition) is 4. The molecule has 0 bridgehead atoms. The second kappa shape index (κ2) is 9.36. The third-order valence-electron chi connectivity index (χ3n) is 8.03. The number of nitrogens with zero attached hydrogens (tertiary/aromatic N) is 2. The minimum Gasteiger partial charge on any atom is -0.497 e. The van der Waals surface area contributed by atoms with E-state index in [1.165, 1.54) is 12.1 Å². The van der Waals surface area contributed by atoms with Crippen molar-refractivity contribution in [2.75, 3.05) is 12.0 Å². The van der Waals surface area contributed by atoms with Crippen LogP contribution in [-0.2, 0) is 16.8 Å². The Morgan fingerprint density at radius 2 is 1.88 bits per heavy atom. The summed E-state index contributed by atoms with van der Waals surface area (Å²) in [5, 5.41) is 11.0. The van der Waals surface area contributed by atoms with Gasteiger partial charge in [0.05, 0.1) is 25.3 Å². The number of amides is 1. The molecule has 1 spiro atoms. The zero-order chi connectivity index (χ0) is 28.3. The van der Waals surface area contributed by atoms with Crippen molar-refractivity contribution in [3.8, 4) is 17.6 Å². The number of hydrogen-bond donors (Lipinski definition) is 0. The van der Waals surface area contributed by atoms with Gasteiger partial charge in [-0.05, 0) is 65.7 Å². The summed E-state index contributed by atoms with van der Waals surface area (Å²) in [5.74, 6) is 0.342. The molecule has 1 aliphatic carbocycles. The number of halogens is 2. The molecule has 7 heteroatoms. The van der Waals surface area contributed by atoms with Crippen molar-refractivity contribution in [3.05, 3.63) is 141 Å². The number of fused-ring (bicyclic) bond motifs is 5. The standard InChI is InChI=1S/C34H22ClFN2O3/c1-40-25-9-5-8-21(14-25)32-27-15-22(18-37)34(31(27)26-16-23(35)10-13-30(26)41-32)28-17-24(36)11-12-29(28)38(33(34)39)19-20-6-3-2-4-7-20/h2-17,32H,19H2,1H3. The number of ether oxygens (including phenoxy) is 2. The van der Waals surface area contributed by atoms with E-state index in [-0.39, 0.29) is 18.0 Å². The maximum atomic E-state index is 15.0. The predicted molar refractivity (Wildman–Crippen MR) is 154 cm³/mol. The zero-order valence-corrected chi connectivity index (χ0v) is 22.7. The van der Waals surface area contributed by atoms with Gasteiger partial charge in [0.2, 0.25) is 5.91 Å². The van der Waals surface area contributed by atoms with E-state index in [4.69, 9.17) is 21.1 Å². The number of anilines is 1. The van der Waals surface area contributed by atoms with Crippen LogP contribution >= 0.6 is 11.6 Å². The summed E-state index contributed by atoms with van der Waals surface area (Å²) in [6.07, 6.45) is 1.08. The fraction of sp³-hybridized carbons (Fsp3) is 0.118. The molecule has 41 heavy (non-hydrogen) atoms. The summed E-state index contributed by atoms with van der Waals surface area (Å²) in [6.45, 7) is 0.263. The lowest BCUT2D eigenvalue weighted by Crippen LogP contribution is -2.42. The Balaban J connectivity index is 1.52. The van der Waals surface area contributed by atoms with Crippen molar-refractivity contribution in [2.24, 2.45) is 0 Å².